The van der Waals surface area contributed by atoms with Crippen LogP contribution in [0.2, 0.25) is 0 Å². The van der Waals surface area contributed by atoms with Crippen LogP contribution in [0.1, 0.15) is 28.7 Å². The number of carbonyl (C=O) groups excluding carboxylic acids is 1. The summed E-state index contributed by atoms with van der Waals surface area (Å²) < 4.78 is 47.5. The summed E-state index contributed by atoms with van der Waals surface area (Å²) in [5.41, 5.74) is 2.89. The summed E-state index contributed by atoms with van der Waals surface area (Å²) >= 11 is 0. The van der Waals surface area contributed by atoms with Crippen LogP contribution >= 0.6 is 0 Å². The van der Waals surface area contributed by atoms with E-state index in [1.807, 2.05) is 38.1 Å². The zero-order valence-electron chi connectivity index (χ0n) is 19.8. The van der Waals surface area contributed by atoms with E-state index in [4.69, 9.17) is 4.74 Å². The van der Waals surface area contributed by atoms with Crippen LogP contribution < -0.4 is 10.1 Å². The van der Waals surface area contributed by atoms with Crippen molar-refractivity contribution in [2.75, 3.05) is 6.61 Å². The highest BCUT2D eigenvalue weighted by Crippen LogP contribution is 2.40. The zero-order chi connectivity index (χ0) is 25.9. The van der Waals surface area contributed by atoms with E-state index in [0.29, 0.717) is 28.1 Å². The van der Waals surface area contributed by atoms with Crippen molar-refractivity contribution in [2.45, 2.75) is 26.1 Å². The molecule has 7 nitrogen and oxygen atoms in total. The van der Waals surface area contributed by atoms with Gasteiger partial charge in [0.15, 0.2) is 5.69 Å². The molecule has 4 heterocycles. The number of halogens is 3. The topological polar surface area (TPSA) is 81.9 Å². The molecule has 0 fully saturated rings. The first-order valence-electron chi connectivity index (χ1n) is 11.6. The molecule has 1 amide bonds. The van der Waals surface area contributed by atoms with E-state index in [2.05, 4.69) is 20.4 Å². The summed E-state index contributed by atoms with van der Waals surface area (Å²) in [6, 6.07) is 14.2. The molecule has 0 saturated heterocycles. The number of nitrogens with zero attached hydrogens (tertiary/aromatic N) is 4. The van der Waals surface area contributed by atoms with E-state index in [0.717, 1.165) is 28.2 Å². The van der Waals surface area contributed by atoms with E-state index in [1.54, 1.807) is 18.2 Å². The van der Waals surface area contributed by atoms with Gasteiger partial charge < -0.3 is 10.1 Å². The number of nitrogens with one attached hydrogen (secondary N) is 1. The molecule has 6 rings (SSSR count). The van der Waals surface area contributed by atoms with Crippen LogP contribution in [0.15, 0.2) is 60.8 Å². The lowest BCUT2D eigenvalue weighted by molar-refractivity contribution is -0.140. The number of amides is 1. The summed E-state index contributed by atoms with van der Waals surface area (Å²) in [6.07, 6.45) is -3.47. The third kappa shape index (κ3) is 3.76. The normalized spacial score (nSPS) is 15.1. The Bertz CT molecular complexity index is 1710. The molecular weight excluding hydrogens is 483 g/mol. The van der Waals surface area contributed by atoms with Gasteiger partial charge in [-0.05, 0) is 37.6 Å². The molecule has 0 saturated carbocycles. The Kier molecular flexibility index (Phi) is 5.15. The fraction of sp³-hybridized carbons (Fsp3) is 0.185. The Morgan fingerprint density at radius 2 is 1.89 bits per heavy atom. The smallest absolute Gasteiger partial charge is 0.433 e. The highest BCUT2D eigenvalue weighted by molar-refractivity contribution is 6.08. The Hall–Kier alpha value is -4.47. The fourth-order valence-corrected chi connectivity index (χ4v) is 4.94. The van der Waals surface area contributed by atoms with Gasteiger partial charge in [-0.15, -0.1) is 0 Å². The maximum Gasteiger partial charge on any atom is 0.433 e. The van der Waals surface area contributed by atoms with Gasteiger partial charge in [0.25, 0.3) is 0 Å². The molecule has 1 N–H and O–H groups in total. The number of carbonyl (C=O) groups is 1. The molecule has 10 heteroatoms. The minimum absolute atomic E-state index is 0.0387. The summed E-state index contributed by atoms with van der Waals surface area (Å²) in [5.74, 6) is 0.409. The lowest BCUT2D eigenvalue weighted by Gasteiger charge is -2.14. The molecule has 3 aromatic heterocycles. The van der Waals surface area contributed by atoms with Crippen LogP contribution in [0.5, 0.6) is 5.75 Å². The van der Waals surface area contributed by atoms with Crippen LogP contribution in [0.4, 0.5) is 18.0 Å². The lowest BCUT2D eigenvalue weighted by atomic mass is 10.00. The van der Waals surface area contributed by atoms with Crippen molar-refractivity contribution in [3.8, 4) is 16.9 Å². The van der Waals surface area contributed by atoms with Crippen LogP contribution in [0.25, 0.3) is 32.9 Å². The average molecular weight is 503 g/mol. The highest BCUT2D eigenvalue weighted by atomic mass is 19.4. The minimum Gasteiger partial charge on any atom is -0.491 e. The van der Waals surface area contributed by atoms with Crippen LogP contribution in [-0.4, -0.2) is 32.4 Å². The Balaban J connectivity index is 1.34. The molecule has 186 valence electrons. The molecule has 0 aliphatic carbocycles. The van der Waals surface area contributed by atoms with Crippen molar-refractivity contribution in [1.29, 1.82) is 0 Å². The minimum atomic E-state index is -4.59. The van der Waals surface area contributed by atoms with Crippen molar-refractivity contribution >= 4 is 27.8 Å². The average Bonchev–Trinajstić information content (AvgIpc) is 3.44. The van der Waals surface area contributed by atoms with Crippen LogP contribution in [0, 0.1) is 13.8 Å². The third-order valence-corrected chi connectivity index (χ3v) is 6.54. The summed E-state index contributed by atoms with van der Waals surface area (Å²) in [6.45, 7) is 3.86. The summed E-state index contributed by atoms with van der Waals surface area (Å²) in [7, 11) is 0. The van der Waals surface area contributed by atoms with Gasteiger partial charge in [0.2, 0.25) is 0 Å². The molecule has 1 atom stereocenters. The maximum absolute atomic E-state index is 13.5. The zero-order valence-corrected chi connectivity index (χ0v) is 19.8. The van der Waals surface area contributed by atoms with Crippen LogP contribution in [-0.2, 0) is 6.18 Å². The van der Waals surface area contributed by atoms with Gasteiger partial charge in [-0.2, -0.15) is 23.0 Å². The number of ether oxygens (including phenoxy) is 1. The molecule has 5 aromatic rings. The predicted octanol–water partition coefficient (Wildman–Crippen LogP) is 5.97. The first-order valence-corrected chi connectivity index (χ1v) is 11.6. The molecular formula is C27H20F3N5O2. The van der Waals surface area contributed by atoms with Crippen molar-refractivity contribution in [3.63, 3.8) is 0 Å². The summed E-state index contributed by atoms with van der Waals surface area (Å²) in [5, 5.41) is 9.08. The molecule has 37 heavy (non-hydrogen) atoms. The van der Waals surface area contributed by atoms with Gasteiger partial charge >= 0.3 is 12.2 Å². The van der Waals surface area contributed by atoms with Crippen molar-refractivity contribution in [2.24, 2.45) is 0 Å². The molecule has 2 aromatic carbocycles. The molecule has 1 aliphatic heterocycles. The predicted molar refractivity (Wildman–Crippen MR) is 131 cm³/mol. The number of rotatable bonds is 2. The van der Waals surface area contributed by atoms with Crippen molar-refractivity contribution in [1.82, 2.24) is 25.1 Å². The van der Waals surface area contributed by atoms with E-state index < -0.39 is 23.9 Å². The van der Waals surface area contributed by atoms with E-state index in [9.17, 15) is 18.0 Å². The number of aromatic nitrogens is 4. The molecule has 1 aliphatic rings. The largest absolute Gasteiger partial charge is 0.491 e. The number of aryl methyl sites for hydroxylation is 2. The maximum atomic E-state index is 13.5. The second-order valence-corrected chi connectivity index (χ2v) is 8.90. The van der Waals surface area contributed by atoms with E-state index >= 15 is 0 Å². The Morgan fingerprint density at radius 3 is 2.70 bits per heavy atom. The number of benzene rings is 2. The third-order valence-electron chi connectivity index (χ3n) is 6.54. The molecule has 0 spiro atoms. The second-order valence-electron chi connectivity index (χ2n) is 8.90. The van der Waals surface area contributed by atoms with Gasteiger partial charge in [-0.1, -0.05) is 36.4 Å². The van der Waals surface area contributed by atoms with E-state index in [-0.39, 0.29) is 12.2 Å². The van der Waals surface area contributed by atoms with Gasteiger partial charge in [-0.25, -0.2) is 4.79 Å². The second kappa shape index (κ2) is 8.29. The van der Waals surface area contributed by atoms with Gasteiger partial charge in [0.05, 0.1) is 22.8 Å². The Morgan fingerprint density at radius 1 is 1.08 bits per heavy atom. The Labute approximate surface area is 208 Å². The van der Waals surface area contributed by atoms with Crippen LogP contribution in [0.3, 0.4) is 0 Å². The van der Waals surface area contributed by atoms with E-state index in [1.165, 1.54) is 16.8 Å². The first-order chi connectivity index (χ1) is 17.7. The standard InChI is InChI=1S/C27H20F3N5O2/c1-14-23-15(2)34-35(24(23)19-6-3-4-8-20(19)32-14)26(36)33-21-13-37-22-12-16(9-10-18(21)22)17-7-5-11-31-25(17)27(28,29)30/h3-12,21H,13H2,1-2H3,(H,33,36)/t21-/m1/s1. The highest BCUT2D eigenvalue weighted by Gasteiger charge is 2.36. The molecule has 0 bridgehead atoms. The number of pyridine rings is 2. The quantitative estimate of drug-likeness (QED) is 0.321. The lowest BCUT2D eigenvalue weighted by Crippen LogP contribution is -2.33. The number of hydrogen-bond donors (Lipinski definition) is 1. The van der Waals surface area contributed by atoms with Crippen molar-refractivity contribution < 1.29 is 22.7 Å². The van der Waals surface area contributed by atoms with Gasteiger partial charge in [0.1, 0.15) is 12.4 Å². The van der Waals surface area contributed by atoms with Gasteiger partial charge in [0, 0.05) is 33.8 Å². The summed E-state index contributed by atoms with van der Waals surface area (Å²) in [4.78, 5) is 21.6. The molecule has 0 radical (unpaired) electrons. The fourth-order valence-electron chi connectivity index (χ4n) is 4.94. The number of hydrogen-bond acceptors (Lipinski definition) is 5. The SMILES string of the molecule is Cc1nc2ccccc2c2c1c(C)nn2C(=O)N[C@@H]1COc2cc(-c3cccnc3C(F)(F)F)ccc21. The first kappa shape index (κ1) is 23.0. The monoisotopic (exact) mass is 503 g/mol. The number of fused-ring (bicyclic) bond motifs is 4. The van der Waals surface area contributed by atoms with Gasteiger partial charge in [-0.3, -0.25) is 9.97 Å². The number of alkyl halides is 3. The number of para-hydroxylation sites is 1. The van der Waals surface area contributed by atoms with Crippen molar-refractivity contribution in [3.05, 3.63) is 83.4 Å². The molecule has 0 unspecified atom stereocenters.